The third kappa shape index (κ3) is 2.78. The predicted octanol–water partition coefficient (Wildman–Crippen LogP) is 4.63. The van der Waals surface area contributed by atoms with Crippen molar-refractivity contribution in [3.8, 4) is 0 Å². The molecule has 120 valence electrons. The van der Waals surface area contributed by atoms with E-state index in [1.807, 2.05) is 71.4 Å². The fourth-order valence-corrected chi connectivity index (χ4v) is 4.68. The highest BCUT2D eigenvalue weighted by Crippen LogP contribution is 2.44. The topological polar surface area (TPSA) is 21.1 Å². The number of rotatable bonds is 4. The van der Waals surface area contributed by atoms with E-state index in [0.29, 0.717) is 6.54 Å². The van der Waals surface area contributed by atoms with Crippen molar-refractivity contribution in [1.29, 1.82) is 0 Å². The number of hydrogen-bond donors (Lipinski definition) is 0. The van der Waals surface area contributed by atoms with Crippen molar-refractivity contribution in [1.82, 2.24) is 9.55 Å². The number of hydrogen-bond acceptors (Lipinski definition) is 2. The lowest BCUT2D eigenvalue weighted by Gasteiger charge is -2.27. The van der Waals surface area contributed by atoms with Crippen LogP contribution in [0.4, 0.5) is 10.1 Å². The summed E-state index contributed by atoms with van der Waals surface area (Å²) in [5.74, 6) is 0. The minimum Gasteiger partial charge on any atom is -0.332 e. The van der Waals surface area contributed by atoms with Gasteiger partial charge in [-0.2, -0.15) is 4.39 Å². The van der Waals surface area contributed by atoms with Gasteiger partial charge in [0.05, 0.1) is 24.3 Å². The van der Waals surface area contributed by atoms with Crippen LogP contribution >= 0.6 is 10.7 Å². The molecule has 0 aliphatic carbocycles. The molecular weight excluding hydrogens is 321 g/mol. The van der Waals surface area contributed by atoms with Crippen LogP contribution in [0.1, 0.15) is 0 Å². The van der Waals surface area contributed by atoms with Crippen LogP contribution in [0.3, 0.4) is 0 Å². The van der Waals surface area contributed by atoms with Crippen molar-refractivity contribution in [3.05, 3.63) is 91.2 Å². The van der Waals surface area contributed by atoms with Gasteiger partial charge in [-0.05, 0) is 34.9 Å². The minimum atomic E-state index is -0.759. The normalized spacial score (nSPS) is 17.2. The zero-order chi connectivity index (χ0) is 16.4. The molecule has 24 heavy (non-hydrogen) atoms. The van der Waals surface area contributed by atoms with Crippen LogP contribution in [0.15, 0.2) is 96.1 Å². The van der Waals surface area contributed by atoms with Gasteiger partial charge < -0.3 is 4.57 Å². The first kappa shape index (κ1) is 14.9. The number of para-hydroxylation sites is 1. The molecule has 0 saturated carbocycles. The molecule has 2 heterocycles. The number of nitrogens with zero attached hydrogens (tertiary/aromatic N) is 3. The van der Waals surface area contributed by atoms with E-state index in [1.54, 1.807) is 18.6 Å². The Morgan fingerprint density at radius 2 is 1.67 bits per heavy atom. The Kier molecular flexibility index (Phi) is 4.01. The molecule has 0 saturated heterocycles. The molecule has 1 atom stereocenters. The lowest BCUT2D eigenvalue weighted by Crippen LogP contribution is -2.17. The molecule has 3 nitrogen and oxygen atoms in total. The fraction of sp³-hybridized carbons (Fsp3) is 0.0526. The molecule has 0 radical (unpaired) electrons. The highest BCUT2D eigenvalue weighted by atomic mass is 32.2. The maximum atomic E-state index is 14.9. The van der Waals surface area contributed by atoms with E-state index < -0.39 is 10.7 Å². The third-order valence-corrected chi connectivity index (χ3v) is 5.79. The van der Waals surface area contributed by atoms with Crippen LogP contribution < -0.4 is 4.31 Å². The first-order valence-corrected chi connectivity index (χ1v) is 8.84. The molecule has 1 unspecified atom stereocenters. The van der Waals surface area contributed by atoms with Crippen LogP contribution in [0.25, 0.3) is 0 Å². The number of aromatic nitrogens is 2. The molecule has 1 aliphatic heterocycles. The van der Waals surface area contributed by atoms with Gasteiger partial charge in [0.2, 0.25) is 0 Å². The molecule has 0 N–H and O–H groups in total. The first-order valence-electron chi connectivity index (χ1n) is 7.66. The molecule has 0 fully saturated rings. The lowest BCUT2D eigenvalue weighted by atomic mass is 10.3. The van der Waals surface area contributed by atoms with Gasteiger partial charge in [-0.3, -0.25) is 4.31 Å². The van der Waals surface area contributed by atoms with Crippen LogP contribution in [0.5, 0.6) is 0 Å². The van der Waals surface area contributed by atoms with Crippen molar-refractivity contribution in [3.63, 3.8) is 0 Å². The molecule has 0 spiro atoms. The monoisotopic (exact) mass is 337 g/mol. The van der Waals surface area contributed by atoms with Gasteiger partial charge in [-0.25, -0.2) is 4.98 Å². The first-order chi connectivity index (χ1) is 11.8. The van der Waals surface area contributed by atoms with E-state index in [-0.39, 0.29) is 5.12 Å². The fourth-order valence-electron chi connectivity index (χ4n) is 2.73. The van der Waals surface area contributed by atoms with E-state index in [0.717, 1.165) is 16.3 Å². The van der Waals surface area contributed by atoms with Crippen molar-refractivity contribution in [2.24, 2.45) is 0 Å². The SMILES string of the molecule is FC1=S(c2ccccc2)N(c2ccccc2)C(Cn2ccnc2)=C1. The van der Waals surface area contributed by atoms with Crippen LogP contribution in [0.2, 0.25) is 0 Å². The molecule has 1 aromatic heterocycles. The van der Waals surface area contributed by atoms with Gasteiger partial charge in [0, 0.05) is 23.4 Å². The van der Waals surface area contributed by atoms with Crippen LogP contribution in [-0.4, -0.2) is 14.7 Å². The molecule has 1 aliphatic rings. The molecule has 5 heteroatoms. The molecule has 4 rings (SSSR count). The second kappa shape index (κ2) is 6.45. The third-order valence-electron chi connectivity index (χ3n) is 3.77. The van der Waals surface area contributed by atoms with Crippen molar-refractivity contribution < 1.29 is 4.39 Å². The standard InChI is InChI=1S/C19H16FN3S/c20-19-13-17(14-22-12-11-21-15-22)23(16-7-3-1-4-8-16)24(19)18-9-5-2-6-10-18/h1-13,15H,14H2. The maximum Gasteiger partial charge on any atom is 0.172 e. The number of benzene rings is 2. The summed E-state index contributed by atoms with van der Waals surface area (Å²) in [6, 6.07) is 19.8. The van der Waals surface area contributed by atoms with Crippen LogP contribution in [0, 0.1) is 0 Å². The Hall–Kier alpha value is -2.66. The average molecular weight is 337 g/mol. The molecule has 3 aromatic rings. The zero-order valence-corrected chi connectivity index (χ0v) is 13.7. The summed E-state index contributed by atoms with van der Waals surface area (Å²) in [7, 11) is -0.759. The van der Waals surface area contributed by atoms with E-state index in [2.05, 4.69) is 9.29 Å². The summed E-state index contributed by atoms with van der Waals surface area (Å²) in [6.07, 6.45) is 7.03. The number of halogens is 1. The molecule has 0 bridgehead atoms. The molecule has 2 aromatic carbocycles. The summed E-state index contributed by atoms with van der Waals surface area (Å²) < 4.78 is 18.9. The van der Waals surface area contributed by atoms with Gasteiger partial charge in [-0.15, -0.1) is 0 Å². The summed E-state index contributed by atoms with van der Waals surface area (Å²) in [5, 5.41) is -0.111. The number of imidazole rings is 1. The molecule has 0 amide bonds. The van der Waals surface area contributed by atoms with Gasteiger partial charge in [-0.1, -0.05) is 36.4 Å². The Bertz CT molecular complexity index is 887. The van der Waals surface area contributed by atoms with E-state index in [4.69, 9.17) is 0 Å². The van der Waals surface area contributed by atoms with E-state index >= 15 is 0 Å². The second-order valence-electron chi connectivity index (χ2n) is 5.40. The quantitative estimate of drug-likeness (QED) is 0.511. The predicted molar refractivity (Wildman–Crippen MR) is 97.6 cm³/mol. The largest absolute Gasteiger partial charge is 0.332 e. The van der Waals surface area contributed by atoms with Crippen molar-refractivity contribution in [2.75, 3.05) is 4.31 Å². The van der Waals surface area contributed by atoms with Gasteiger partial charge in [0.25, 0.3) is 0 Å². The number of anilines is 1. The van der Waals surface area contributed by atoms with E-state index in [1.165, 1.54) is 0 Å². The highest BCUT2D eigenvalue weighted by molar-refractivity contribution is 8.17. The van der Waals surface area contributed by atoms with E-state index in [9.17, 15) is 4.39 Å². The van der Waals surface area contributed by atoms with Crippen LogP contribution in [-0.2, 0) is 6.54 Å². The Balaban J connectivity index is 1.78. The van der Waals surface area contributed by atoms with Gasteiger partial charge in [0.1, 0.15) is 0 Å². The Morgan fingerprint density at radius 1 is 0.958 bits per heavy atom. The lowest BCUT2D eigenvalue weighted by molar-refractivity contribution is 0.774. The summed E-state index contributed by atoms with van der Waals surface area (Å²) in [6.45, 7) is 0.582. The van der Waals surface area contributed by atoms with Crippen molar-refractivity contribution >= 4 is 21.5 Å². The minimum absolute atomic E-state index is 0.111. The van der Waals surface area contributed by atoms with Gasteiger partial charge >= 0.3 is 0 Å². The van der Waals surface area contributed by atoms with Crippen molar-refractivity contribution in [2.45, 2.75) is 11.4 Å². The second-order valence-corrected chi connectivity index (χ2v) is 7.20. The Morgan fingerprint density at radius 3 is 2.33 bits per heavy atom. The zero-order valence-electron chi connectivity index (χ0n) is 12.9. The smallest absolute Gasteiger partial charge is 0.172 e. The summed E-state index contributed by atoms with van der Waals surface area (Å²) >= 11 is 0. The highest BCUT2D eigenvalue weighted by Gasteiger charge is 2.26. The average Bonchev–Trinajstić information content (AvgIpc) is 3.24. The maximum absolute atomic E-state index is 14.9. The summed E-state index contributed by atoms with van der Waals surface area (Å²) in [5.41, 5.74) is 1.91. The molecular formula is C19H16FN3S. The van der Waals surface area contributed by atoms with Gasteiger partial charge in [0.15, 0.2) is 5.12 Å². The summed E-state index contributed by atoms with van der Waals surface area (Å²) in [4.78, 5) is 5.05. The Labute approximate surface area is 142 Å². The number of allylic oxidation sites excluding steroid dienone is 2.